The third kappa shape index (κ3) is 9.35. The van der Waals surface area contributed by atoms with Crippen LogP contribution in [0.2, 0.25) is 0 Å². The van der Waals surface area contributed by atoms with Crippen molar-refractivity contribution in [3.63, 3.8) is 0 Å². The van der Waals surface area contributed by atoms with E-state index in [1.165, 1.54) is 0 Å². The third-order valence-corrected chi connectivity index (χ3v) is 1.70. The lowest BCUT2D eigenvalue weighted by molar-refractivity contribution is 0.858. The summed E-state index contributed by atoms with van der Waals surface area (Å²) in [6.07, 6.45) is 7.25. The van der Waals surface area contributed by atoms with Crippen molar-refractivity contribution >= 4 is 0 Å². The number of aromatic amines is 1. The number of rotatable bonds is 0. The predicted molar refractivity (Wildman–Crippen MR) is 74.0 cm³/mol. The van der Waals surface area contributed by atoms with Crippen molar-refractivity contribution in [2.75, 3.05) is 0 Å². The first-order valence-electron chi connectivity index (χ1n) is 6.10. The topological polar surface area (TPSA) is 46.5 Å². The van der Waals surface area contributed by atoms with E-state index in [-0.39, 0.29) is 0 Å². The van der Waals surface area contributed by atoms with E-state index in [2.05, 4.69) is 15.0 Å². The van der Waals surface area contributed by atoms with E-state index in [9.17, 15) is 0 Å². The van der Waals surface area contributed by atoms with Crippen LogP contribution in [0.5, 0.6) is 0 Å². The van der Waals surface area contributed by atoms with E-state index < -0.39 is 0 Å². The Morgan fingerprint density at radius 1 is 1.00 bits per heavy atom. The second-order valence-electron chi connectivity index (χ2n) is 2.76. The lowest BCUT2D eigenvalue weighted by atomic mass is 10.7. The van der Waals surface area contributed by atoms with Gasteiger partial charge in [0, 0.05) is 31.8 Å². The molecule has 2 aromatic heterocycles. The van der Waals surface area contributed by atoms with Crippen LogP contribution in [0.15, 0.2) is 24.8 Å². The molecule has 2 aromatic rings. The van der Waals surface area contributed by atoms with Gasteiger partial charge in [-0.2, -0.15) is 0 Å². The van der Waals surface area contributed by atoms with Crippen molar-refractivity contribution in [3.8, 4) is 0 Å². The highest BCUT2D eigenvalue weighted by Gasteiger charge is 1.83. The Morgan fingerprint density at radius 3 is 1.71 bits per heavy atom. The van der Waals surface area contributed by atoms with Crippen LogP contribution < -0.4 is 0 Å². The number of nitrogens with one attached hydrogen (secondary N) is 1. The van der Waals surface area contributed by atoms with E-state index in [1.807, 2.05) is 59.4 Å². The molecule has 98 valence electrons. The summed E-state index contributed by atoms with van der Waals surface area (Å²) < 4.78 is 1.97. The van der Waals surface area contributed by atoms with Gasteiger partial charge in [-0.3, -0.25) is 0 Å². The van der Waals surface area contributed by atoms with Gasteiger partial charge in [-0.15, -0.1) is 0 Å². The molecule has 4 nitrogen and oxygen atoms in total. The molecule has 1 N–H and O–H groups in total. The van der Waals surface area contributed by atoms with Crippen LogP contribution in [0.25, 0.3) is 0 Å². The van der Waals surface area contributed by atoms with E-state index in [0.29, 0.717) is 0 Å². The first kappa shape index (κ1) is 17.8. The second-order valence-corrected chi connectivity index (χ2v) is 2.76. The number of imidazole rings is 2. The van der Waals surface area contributed by atoms with Gasteiger partial charge < -0.3 is 9.55 Å². The fraction of sp³-hybridized carbons (Fsp3) is 0.538. The Hall–Kier alpha value is -1.58. The first-order valence-corrected chi connectivity index (χ1v) is 6.10. The predicted octanol–water partition coefficient (Wildman–Crippen LogP) is 3.50. The number of hydrogen-bond donors (Lipinski definition) is 1. The Labute approximate surface area is 105 Å². The van der Waals surface area contributed by atoms with Gasteiger partial charge in [0.05, 0.1) is 0 Å². The molecule has 2 heterocycles. The number of nitrogens with zero attached hydrogens (tertiary/aromatic N) is 3. The molecule has 0 fully saturated rings. The summed E-state index contributed by atoms with van der Waals surface area (Å²) in [7, 11) is 1.97. The normalized spacial score (nSPS) is 7.71. The summed E-state index contributed by atoms with van der Waals surface area (Å²) >= 11 is 0. The molecule has 0 saturated carbocycles. The fourth-order valence-electron chi connectivity index (χ4n) is 0.784. The molecule has 0 aliphatic carbocycles. The minimum atomic E-state index is 0.968. The minimum absolute atomic E-state index is 0.968. The lowest BCUT2D eigenvalue weighted by Gasteiger charge is -1.87. The molecule has 0 spiro atoms. The van der Waals surface area contributed by atoms with Crippen molar-refractivity contribution in [1.82, 2.24) is 19.5 Å². The van der Waals surface area contributed by atoms with Crippen LogP contribution in [0.3, 0.4) is 0 Å². The van der Waals surface area contributed by atoms with Crippen molar-refractivity contribution in [1.29, 1.82) is 0 Å². The molecule has 17 heavy (non-hydrogen) atoms. The average Bonchev–Trinajstić information content (AvgIpc) is 2.98. The second kappa shape index (κ2) is 12.5. The lowest BCUT2D eigenvalue weighted by Crippen LogP contribution is -1.86. The molecule has 0 aliphatic heterocycles. The summed E-state index contributed by atoms with van der Waals surface area (Å²) in [5.74, 6) is 2.02. The maximum Gasteiger partial charge on any atom is 0.105 e. The summed E-state index contributed by atoms with van der Waals surface area (Å²) in [6.45, 7) is 11.9. The average molecular weight is 238 g/mol. The van der Waals surface area contributed by atoms with Crippen LogP contribution in [0.1, 0.15) is 39.3 Å². The highest BCUT2D eigenvalue weighted by atomic mass is 15.0. The summed E-state index contributed by atoms with van der Waals surface area (Å²) in [6, 6.07) is 0. The third-order valence-electron chi connectivity index (χ3n) is 1.70. The first-order chi connectivity index (χ1) is 8.20. The maximum absolute atomic E-state index is 3.98. The Bertz CT molecular complexity index is 319. The Kier molecular flexibility index (Phi) is 13.1. The van der Waals surface area contributed by atoms with Crippen molar-refractivity contribution in [2.24, 2.45) is 7.05 Å². The molecule has 0 unspecified atom stereocenters. The quantitative estimate of drug-likeness (QED) is 0.763. The van der Waals surface area contributed by atoms with Gasteiger partial charge in [-0.25, -0.2) is 9.97 Å². The zero-order valence-electron chi connectivity index (χ0n) is 12.2. The molecule has 0 aromatic carbocycles. The summed E-state index contributed by atoms with van der Waals surface area (Å²) in [4.78, 5) is 10.7. The SMILES string of the molecule is CC.CC.Cc1ncc[nH]1.Cc1nccn1C. The van der Waals surface area contributed by atoms with Gasteiger partial charge in [0.2, 0.25) is 0 Å². The molecular weight excluding hydrogens is 212 g/mol. The standard InChI is InChI=1S/C5H8N2.C4H6N2.2C2H6/c1-5-6-3-4-7(5)2;1-4-5-2-3-6-4;2*1-2/h3-4H,1-2H3;2-3H,1H3,(H,5,6);2*1-2H3. The largest absolute Gasteiger partial charge is 0.349 e. The van der Waals surface area contributed by atoms with Crippen molar-refractivity contribution in [2.45, 2.75) is 41.5 Å². The molecule has 0 bridgehead atoms. The van der Waals surface area contributed by atoms with Crippen LogP contribution in [-0.2, 0) is 7.05 Å². The molecule has 0 radical (unpaired) electrons. The Balaban J connectivity index is 0. The van der Waals surface area contributed by atoms with E-state index >= 15 is 0 Å². The zero-order valence-corrected chi connectivity index (χ0v) is 12.2. The molecule has 0 aliphatic rings. The van der Waals surface area contributed by atoms with Crippen molar-refractivity contribution in [3.05, 3.63) is 36.4 Å². The number of H-pyrrole nitrogens is 1. The summed E-state index contributed by atoms with van der Waals surface area (Å²) in [5, 5.41) is 0. The molecule has 2 rings (SSSR count). The molecule has 0 amide bonds. The Morgan fingerprint density at radius 2 is 1.59 bits per heavy atom. The van der Waals surface area contributed by atoms with Crippen molar-refractivity contribution < 1.29 is 0 Å². The van der Waals surface area contributed by atoms with Gasteiger partial charge in [0.25, 0.3) is 0 Å². The number of hydrogen-bond acceptors (Lipinski definition) is 2. The zero-order chi connectivity index (χ0) is 13.7. The molecule has 4 heteroatoms. The highest BCUT2D eigenvalue weighted by molar-refractivity contribution is 4.85. The molecular formula is C13H26N4. The fourth-order valence-corrected chi connectivity index (χ4v) is 0.784. The minimum Gasteiger partial charge on any atom is -0.349 e. The number of aryl methyl sites for hydroxylation is 3. The smallest absolute Gasteiger partial charge is 0.105 e. The van der Waals surface area contributed by atoms with Gasteiger partial charge in [0.1, 0.15) is 11.6 Å². The van der Waals surface area contributed by atoms with Gasteiger partial charge >= 0.3 is 0 Å². The van der Waals surface area contributed by atoms with E-state index in [4.69, 9.17) is 0 Å². The van der Waals surface area contributed by atoms with Crippen LogP contribution in [-0.4, -0.2) is 19.5 Å². The maximum atomic E-state index is 3.98. The highest BCUT2D eigenvalue weighted by Crippen LogP contribution is 1.87. The van der Waals surface area contributed by atoms with Crippen LogP contribution in [0.4, 0.5) is 0 Å². The molecule has 0 saturated heterocycles. The van der Waals surface area contributed by atoms with Gasteiger partial charge in [-0.05, 0) is 13.8 Å². The van der Waals surface area contributed by atoms with Crippen LogP contribution in [0, 0.1) is 13.8 Å². The van der Waals surface area contributed by atoms with Gasteiger partial charge in [0.15, 0.2) is 0 Å². The van der Waals surface area contributed by atoms with Crippen LogP contribution >= 0.6 is 0 Å². The summed E-state index contributed by atoms with van der Waals surface area (Å²) in [5.41, 5.74) is 0. The monoisotopic (exact) mass is 238 g/mol. The van der Waals surface area contributed by atoms with Gasteiger partial charge in [-0.1, -0.05) is 27.7 Å². The molecule has 0 atom stereocenters. The van der Waals surface area contributed by atoms with E-state index in [1.54, 1.807) is 18.6 Å². The van der Waals surface area contributed by atoms with E-state index in [0.717, 1.165) is 11.6 Å². The number of aromatic nitrogens is 4.